The van der Waals surface area contributed by atoms with Crippen molar-refractivity contribution in [2.24, 2.45) is 0 Å². The van der Waals surface area contributed by atoms with E-state index in [1.165, 1.54) is 13.2 Å². The van der Waals surface area contributed by atoms with Crippen molar-refractivity contribution in [1.29, 1.82) is 0 Å². The molecule has 1 amide bonds. The van der Waals surface area contributed by atoms with Crippen molar-refractivity contribution in [3.05, 3.63) is 30.1 Å². The minimum absolute atomic E-state index is 0.0667. The number of nitrogens with one attached hydrogen (secondary N) is 1. The third kappa shape index (κ3) is 3.89. The molecule has 0 saturated carbocycles. The molecule has 8 nitrogen and oxygen atoms in total. The number of aromatic nitrogens is 2. The number of nitrogens with zero attached hydrogens (tertiary/aromatic N) is 4. The lowest BCUT2D eigenvalue weighted by Crippen LogP contribution is -2.69. The number of carbonyl (C=O) groups excluding carboxylic acids is 1. The molecule has 4 rings (SSSR count). The van der Waals surface area contributed by atoms with Gasteiger partial charge >= 0.3 is 6.09 Å². The number of methoxy groups -OCH3 is 1. The number of amides is 1. The van der Waals surface area contributed by atoms with Gasteiger partial charge in [0, 0.05) is 25.2 Å². The van der Waals surface area contributed by atoms with E-state index >= 15 is 0 Å². The van der Waals surface area contributed by atoms with E-state index in [9.17, 15) is 13.6 Å². The molecule has 2 aliphatic heterocycles. The van der Waals surface area contributed by atoms with Gasteiger partial charge in [-0.1, -0.05) is 6.07 Å². The van der Waals surface area contributed by atoms with E-state index < -0.39 is 29.7 Å². The maximum absolute atomic E-state index is 14.5. The van der Waals surface area contributed by atoms with Gasteiger partial charge in [0.1, 0.15) is 17.8 Å². The number of alkyl halides is 1. The zero-order valence-electron chi connectivity index (χ0n) is 18.6. The molecule has 1 saturated heterocycles. The minimum Gasteiger partial charge on any atom is -0.493 e. The molecule has 32 heavy (non-hydrogen) atoms. The van der Waals surface area contributed by atoms with Crippen molar-refractivity contribution in [2.75, 3.05) is 50.2 Å². The predicted octanol–water partition coefficient (Wildman–Crippen LogP) is 3.48. The highest BCUT2D eigenvalue weighted by Gasteiger charge is 2.47. The molecule has 0 spiro atoms. The first-order valence-electron chi connectivity index (χ1n) is 10.4. The van der Waals surface area contributed by atoms with Crippen molar-refractivity contribution in [1.82, 2.24) is 15.1 Å². The summed E-state index contributed by atoms with van der Waals surface area (Å²) in [4.78, 5) is 16.1. The SMILES string of the molecule is COc1c(F)cccc1-c1cc2c(nn1)NCC1(CF)CN(C(=O)OC(C)(C)C)CCN21. The fourth-order valence-corrected chi connectivity index (χ4v) is 4.16. The maximum Gasteiger partial charge on any atom is 0.410 e. The van der Waals surface area contributed by atoms with E-state index in [1.807, 2.05) is 4.90 Å². The normalized spacial score (nSPS) is 20.2. The van der Waals surface area contributed by atoms with Crippen LogP contribution in [0.1, 0.15) is 20.8 Å². The predicted molar refractivity (Wildman–Crippen MR) is 116 cm³/mol. The Morgan fingerprint density at radius 2 is 2.06 bits per heavy atom. The quantitative estimate of drug-likeness (QED) is 0.772. The lowest BCUT2D eigenvalue weighted by atomic mass is 9.92. The molecule has 1 fully saturated rings. The summed E-state index contributed by atoms with van der Waals surface area (Å²) in [5.74, 6) is 0.0719. The maximum atomic E-state index is 14.5. The fraction of sp³-hybridized carbons (Fsp3) is 0.500. The smallest absolute Gasteiger partial charge is 0.410 e. The van der Waals surface area contributed by atoms with Crippen LogP contribution >= 0.6 is 0 Å². The van der Waals surface area contributed by atoms with Crippen LogP contribution in [0.5, 0.6) is 5.75 Å². The monoisotopic (exact) mass is 447 g/mol. The number of carbonyl (C=O) groups is 1. The molecule has 1 N–H and O–H groups in total. The molecule has 3 heterocycles. The third-order valence-corrected chi connectivity index (χ3v) is 5.65. The molecule has 0 radical (unpaired) electrons. The van der Waals surface area contributed by atoms with E-state index in [1.54, 1.807) is 43.9 Å². The summed E-state index contributed by atoms with van der Waals surface area (Å²) >= 11 is 0. The highest BCUT2D eigenvalue weighted by atomic mass is 19.1. The Labute approximate surface area is 185 Å². The van der Waals surface area contributed by atoms with Crippen LogP contribution < -0.4 is 15.0 Å². The van der Waals surface area contributed by atoms with Crippen LogP contribution in [0.2, 0.25) is 0 Å². The van der Waals surface area contributed by atoms with E-state index in [2.05, 4.69) is 15.5 Å². The van der Waals surface area contributed by atoms with Gasteiger partial charge in [0.2, 0.25) is 0 Å². The second-order valence-corrected chi connectivity index (χ2v) is 9.05. The van der Waals surface area contributed by atoms with E-state index in [-0.39, 0.29) is 18.8 Å². The van der Waals surface area contributed by atoms with Gasteiger partial charge < -0.3 is 24.6 Å². The summed E-state index contributed by atoms with van der Waals surface area (Å²) in [5, 5.41) is 11.6. The average molecular weight is 447 g/mol. The van der Waals surface area contributed by atoms with Crippen LogP contribution in [0.25, 0.3) is 11.3 Å². The van der Waals surface area contributed by atoms with Crippen LogP contribution in [0.15, 0.2) is 24.3 Å². The lowest BCUT2D eigenvalue weighted by molar-refractivity contribution is 0.0150. The highest BCUT2D eigenvalue weighted by molar-refractivity contribution is 5.78. The molecule has 172 valence electrons. The van der Waals surface area contributed by atoms with Gasteiger partial charge in [-0.2, -0.15) is 0 Å². The van der Waals surface area contributed by atoms with Crippen molar-refractivity contribution in [3.8, 4) is 17.0 Å². The van der Waals surface area contributed by atoms with E-state index in [0.29, 0.717) is 35.9 Å². The summed E-state index contributed by atoms with van der Waals surface area (Å²) in [6.07, 6.45) is -0.464. The molecule has 1 atom stereocenters. The number of fused-ring (bicyclic) bond motifs is 3. The van der Waals surface area contributed by atoms with Gasteiger partial charge in [-0.15, -0.1) is 10.2 Å². The van der Waals surface area contributed by atoms with E-state index in [4.69, 9.17) is 9.47 Å². The second kappa shape index (κ2) is 8.07. The zero-order chi connectivity index (χ0) is 23.1. The average Bonchev–Trinajstić information content (AvgIpc) is 2.76. The highest BCUT2D eigenvalue weighted by Crippen LogP contribution is 2.40. The third-order valence-electron chi connectivity index (χ3n) is 5.65. The molecule has 2 aliphatic rings. The van der Waals surface area contributed by atoms with Gasteiger partial charge in [0.15, 0.2) is 17.4 Å². The number of halogens is 2. The number of anilines is 2. The van der Waals surface area contributed by atoms with Gasteiger partial charge in [0.25, 0.3) is 0 Å². The summed E-state index contributed by atoms with van der Waals surface area (Å²) in [7, 11) is 1.39. The Morgan fingerprint density at radius 3 is 2.75 bits per heavy atom. The summed E-state index contributed by atoms with van der Waals surface area (Å²) in [6, 6.07) is 6.31. The molecular formula is C22H27F2N5O3. The van der Waals surface area contributed by atoms with Crippen molar-refractivity contribution < 1.29 is 23.0 Å². The second-order valence-electron chi connectivity index (χ2n) is 9.05. The standard InChI is InChI=1S/C22H27F2N5O3/c1-21(2,3)32-20(30)28-8-9-29-17-10-16(14-6-5-7-15(24)18(14)31-4)26-27-19(17)25-12-22(29,11-23)13-28/h5-7,10H,8-9,11-13H2,1-4H3,(H,25,27). The number of benzene rings is 1. The number of hydrogen-bond donors (Lipinski definition) is 1. The van der Waals surface area contributed by atoms with Crippen LogP contribution in [-0.4, -0.2) is 72.3 Å². The largest absolute Gasteiger partial charge is 0.493 e. The van der Waals surface area contributed by atoms with Crippen LogP contribution in [0, 0.1) is 5.82 Å². The Hall–Kier alpha value is -3.17. The first-order chi connectivity index (χ1) is 15.2. The Kier molecular flexibility index (Phi) is 5.56. The molecule has 1 unspecified atom stereocenters. The molecule has 1 aromatic heterocycles. The molecular weight excluding hydrogens is 420 g/mol. The lowest BCUT2D eigenvalue weighted by Gasteiger charge is -2.53. The Bertz CT molecular complexity index is 1030. The number of ether oxygens (including phenoxy) is 2. The van der Waals surface area contributed by atoms with Crippen molar-refractivity contribution >= 4 is 17.6 Å². The number of para-hydroxylation sites is 1. The molecule has 2 aromatic rings. The number of rotatable bonds is 3. The summed E-state index contributed by atoms with van der Waals surface area (Å²) < 4.78 is 39.4. The van der Waals surface area contributed by atoms with Gasteiger partial charge in [0.05, 0.1) is 25.0 Å². The van der Waals surface area contributed by atoms with Crippen LogP contribution in [-0.2, 0) is 4.74 Å². The van der Waals surface area contributed by atoms with E-state index in [0.717, 1.165) is 0 Å². The first-order valence-corrected chi connectivity index (χ1v) is 10.4. The summed E-state index contributed by atoms with van der Waals surface area (Å²) in [5.41, 5.74) is -0.107. The van der Waals surface area contributed by atoms with Gasteiger partial charge in [-0.05, 0) is 39.0 Å². The fourth-order valence-electron chi connectivity index (χ4n) is 4.16. The number of piperazine rings is 1. The molecule has 0 aliphatic carbocycles. The topological polar surface area (TPSA) is 79.8 Å². The minimum atomic E-state index is -0.978. The Balaban J connectivity index is 1.67. The summed E-state index contributed by atoms with van der Waals surface area (Å²) in [6.45, 7) is 5.89. The first kappa shape index (κ1) is 22.0. The van der Waals surface area contributed by atoms with Gasteiger partial charge in [-0.3, -0.25) is 0 Å². The van der Waals surface area contributed by atoms with Crippen LogP contribution in [0.4, 0.5) is 25.1 Å². The number of hydrogen-bond acceptors (Lipinski definition) is 7. The molecule has 0 bridgehead atoms. The van der Waals surface area contributed by atoms with Crippen molar-refractivity contribution in [2.45, 2.75) is 31.9 Å². The molecule has 1 aromatic carbocycles. The molecule has 10 heteroatoms. The van der Waals surface area contributed by atoms with Gasteiger partial charge in [-0.25, -0.2) is 13.6 Å². The zero-order valence-corrected chi connectivity index (χ0v) is 18.6. The Morgan fingerprint density at radius 1 is 1.28 bits per heavy atom. The van der Waals surface area contributed by atoms with Crippen LogP contribution in [0.3, 0.4) is 0 Å². The van der Waals surface area contributed by atoms with Crippen molar-refractivity contribution in [3.63, 3.8) is 0 Å².